The largest absolute Gasteiger partial charge is 0.379 e. The minimum absolute atomic E-state index is 0.0292. The van der Waals surface area contributed by atoms with Crippen LogP contribution in [-0.4, -0.2) is 63.6 Å². The number of aryl methyl sites for hydroxylation is 1. The van der Waals surface area contributed by atoms with Gasteiger partial charge in [0, 0.05) is 32.7 Å². The molecule has 1 aliphatic heterocycles. The molecule has 168 valence electrons. The Bertz CT molecular complexity index is 959. The van der Waals surface area contributed by atoms with Crippen molar-refractivity contribution in [2.24, 2.45) is 0 Å². The molecule has 0 saturated carbocycles. The van der Waals surface area contributed by atoms with Crippen molar-refractivity contribution in [3.8, 4) is 0 Å². The number of nitrogens with one attached hydrogen (secondary N) is 1. The molecule has 1 aliphatic rings. The van der Waals surface area contributed by atoms with E-state index >= 15 is 0 Å². The number of sulfonamides is 1. The molecule has 1 fully saturated rings. The fraction of sp³-hybridized carbons (Fsp3) is 0.409. The number of carbonyl (C=O) groups excluding carboxylic acids is 1. The molecule has 2 aromatic rings. The summed E-state index contributed by atoms with van der Waals surface area (Å²) in [5.41, 5.74) is 1.64. The number of nitrogens with zero attached hydrogens (tertiary/aromatic N) is 2. The molecule has 3 rings (SSSR count). The Morgan fingerprint density at radius 1 is 1.10 bits per heavy atom. The minimum Gasteiger partial charge on any atom is -0.379 e. The number of amides is 2. The molecule has 0 radical (unpaired) electrons. The summed E-state index contributed by atoms with van der Waals surface area (Å²) in [6.45, 7) is 6.23. The molecule has 1 N–H and O–H groups in total. The molecular weight excluding hydrogens is 421 g/mol. The van der Waals surface area contributed by atoms with Crippen LogP contribution >= 0.6 is 0 Å². The summed E-state index contributed by atoms with van der Waals surface area (Å²) in [6.07, 6.45) is 0.680. The predicted molar refractivity (Wildman–Crippen MR) is 116 cm³/mol. The van der Waals surface area contributed by atoms with Gasteiger partial charge in [0.1, 0.15) is 5.82 Å². The molecule has 0 aromatic heterocycles. The first kappa shape index (κ1) is 23.2. The Morgan fingerprint density at radius 2 is 1.74 bits per heavy atom. The fourth-order valence-corrected chi connectivity index (χ4v) is 4.30. The van der Waals surface area contributed by atoms with Crippen molar-refractivity contribution in [1.29, 1.82) is 0 Å². The molecule has 31 heavy (non-hydrogen) atoms. The van der Waals surface area contributed by atoms with Gasteiger partial charge in [0.25, 0.3) is 10.0 Å². The van der Waals surface area contributed by atoms with Gasteiger partial charge in [-0.3, -0.25) is 4.90 Å². The summed E-state index contributed by atoms with van der Waals surface area (Å²) in [4.78, 5) is 16.6. The number of rotatable bonds is 8. The van der Waals surface area contributed by atoms with Gasteiger partial charge in [-0.2, -0.15) is 0 Å². The molecule has 0 bridgehead atoms. The molecule has 1 heterocycles. The molecule has 7 nitrogen and oxygen atoms in total. The molecule has 9 heteroatoms. The van der Waals surface area contributed by atoms with Crippen LogP contribution in [0.4, 0.5) is 9.18 Å². The number of hydrogen-bond donors (Lipinski definition) is 1. The Balaban J connectivity index is 1.67. The molecule has 0 aliphatic carbocycles. The molecule has 2 amide bonds. The number of ether oxygens (including phenoxy) is 1. The van der Waals surface area contributed by atoms with E-state index in [2.05, 4.69) is 9.62 Å². The van der Waals surface area contributed by atoms with Gasteiger partial charge in [-0.15, -0.1) is 0 Å². The van der Waals surface area contributed by atoms with Crippen LogP contribution in [0.2, 0.25) is 0 Å². The zero-order chi connectivity index (χ0) is 22.3. The van der Waals surface area contributed by atoms with Crippen LogP contribution in [0.1, 0.15) is 17.5 Å². The summed E-state index contributed by atoms with van der Waals surface area (Å²) in [7, 11) is -3.99. The monoisotopic (exact) mass is 449 g/mol. The van der Waals surface area contributed by atoms with Crippen molar-refractivity contribution in [3.63, 3.8) is 0 Å². The third-order valence-corrected chi connectivity index (χ3v) is 6.47. The maximum Gasteiger partial charge on any atom is 0.331 e. The normalized spacial score (nSPS) is 14.9. The lowest BCUT2D eigenvalue weighted by Crippen LogP contribution is -2.44. The van der Waals surface area contributed by atoms with Gasteiger partial charge in [-0.25, -0.2) is 22.3 Å². The zero-order valence-corrected chi connectivity index (χ0v) is 18.4. The third-order valence-electron chi connectivity index (χ3n) is 5.13. The van der Waals surface area contributed by atoms with E-state index in [4.69, 9.17) is 4.74 Å². The number of morpholine rings is 1. The second-order valence-corrected chi connectivity index (χ2v) is 9.26. The molecule has 0 spiro atoms. The number of halogens is 1. The fourth-order valence-electron chi connectivity index (χ4n) is 3.33. The second kappa shape index (κ2) is 10.7. The summed E-state index contributed by atoms with van der Waals surface area (Å²) in [6, 6.07) is 11.4. The topological polar surface area (TPSA) is 79.0 Å². The van der Waals surface area contributed by atoms with Gasteiger partial charge in [-0.1, -0.05) is 29.8 Å². The second-order valence-electron chi connectivity index (χ2n) is 7.58. The lowest BCUT2D eigenvalue weighted by Gasteiger charge is -2.28. The highest BCUT2D eigenvalue weighted by Gasteiger charge is 2.22. The van der Waals surface area contributed by atoms with E-state index in [1.165, 1.54) is 29.2 Å². The van der Waals surface area contributed by atoms with Crippen LogP contribution in [-0.2, 0) is 21.3 Å². The van der Waals surface area contributed by atoms with Gasteiger partial charge in [0.15, 0.2) is 0 Å². The molecular formula is C22H28FN3O4S. The van der Waals surface area contributed by atoms with Crippen molar-refractivity contribution >= 4 is 16.1 Å². The van der Waals surface area contributed by atoms with Crippen LogP contribution < -0.4 is 4.72 Å². The summed E-state index contributed by atoms with van der Waals surface area (Å²) in [5, 5.41) is 0. The summed E-state index contributed by atoms with van der Waals surface area (Å²) < 4.78 is 46.0. The van der Waals surface area contributed by atoms with Crippen molar-refractivity contribution in [2.45, 2.75) is 24.8 Å². The van der Waals surface area contributed by atoms with E-state index in [-0.39, 0.29) is 17.3 Å². The van der Waals surface area contributed by atoms with Gasteiger partial charge in [0.05, 0.1) is 18.1 Å². The molecule has 0 atom stereocenters. The SMILES string of the molecule is Cc1ccc(S(=O)(=O)NC(=O)N(CCCN2CCOCC2)Cc2ccc(F)cc2)cc1. The Hall–Kier alpha value is -2.49. The summed E-state index contributed by atoms with van der Waals surface area (Å²) >= 11 is 0. The summed E-state index contributed by atoms with van der Waals surface area (Å²) in [5.74, 6) is -0.367. The van der Waals surface area contributed by atoms with E-state index in [1.54, 1.807) is 24.3 Å². The highest BCUT2D eigenvalue weighted by Crippen LogP contribution is 2.13. The molecule has 1 saturated heterocycles. The van der Waals surface area contributed by atoms with E-state index in [1.807, 2.05) is 6.92 Å². The van der Waals surface area contributed by atoms with Gasteiger partial charge >= 0.3 is 6.03 Å². The van der Waals surface area contributed by atoms with E-state index in [9.17, 15) is 17.6 Å². The standard InChI is InChI=1S/C22H28FN3O4S/c1-18-3-9-21(10-4-18)31(28,29)24-22(27)26(17-19-5-7-20(23)8-6-19)12-2-11-25-13-15-30-16-14-25/h3-10H,2,11-17H2,1H3,(H,24,27). The van der Waals surface area contributed by atoms with Crippen LogP contribution in [0.15, 0.2) is 53.4 Å². The van der Waals surface area contributed by atoms with Crippen molar-refractivity contribution in [1.82, 2.24) is 14.5 Å². The van der Waals surface area contributed by atoms with Gasteiger partial charge in [-0.05, 0) is 43.2 Å². The van der Waals surface area contributed by atoms with Crippen LogP contribution in [0, 0.1) is 12.7 Å². The van der Waals surface area contributed by atoms with Crippen molar-refractivity contribution < 1.29 is 22.3 Å². The zero-order valence-electron chi connectivity index (χ0n) is 17.6. The number of urea groups is 1. The Kier molecular flexibility index (Phi) is 8.00. The van der Waals surface area contributed by atoms with E-state index in [0.717, 1.165) is 30.8 Å². The maximum absolute atomic E-state index is 13.2. The average Bonchev–Trinajstić information content (AvgIpc) is 2.75. The first-order chi connectivity index (χ1) is 14.8. The van der Waals surface area contributed by atoms with Gasteiger partial charge < -0.3 is 9.64 Å². The maximum atomic E-state index is 13.2. The third kappa shape index (κ3) is 7.02. The average molecular weight is 450 g/mol. The lowest BCUT2D eigenvalue weighted by atomic mass is 10.2. The van der Waals surface area contributed by atoms with Crippen LogP contribution in [0.3, 0.4) is 0 Å². The van der Waals surface area contributed by atoms with E-state index < -0.39 is 16.1 Å². The van der Waals surface area contributed by atoms with Crippen LogP contribution in [0.25, 0.3) is 0 Å². The van der Waals surface area contributed by atoms with E-state index in [0.29, 0.717) is 26.2 Å². The number of carbonyl (C=O) groups is 1. The lowest BCUT2D eigenvalue weighted by molar-refractivity contribution is 0.0364. The predicted octanol–water partition coefficient (Wildman–Crippen LogP) is 2.76. The quantitative estimate of drug-likeness (QED) is 0.671. The highest BCUT2D eigenvalue weighted by atomic mass is 32.2. The molecule has 0 unspecified atom stereocenters. The first-order valence-corrected chi connectivity index (χ1v) is 11.7. The van der Waals surface area contributed by atoms with Crippen molar-refractivity contribution in [2.75, 3.05) is 39.4 Å². The number of hydrogen-bond acceptors (Lipinski definition) is 5. The minimum atomic E-state index is -3.99. The Labute approximate surface area is 182 Å². The van der Waals surface area contributed by atoms with Crippen molar-refractivity contribution in [3.05, 3.63) is 65.5 Å². The molecule has 2 aromatic carbocycles. The highest BCUT2D eigenvalue weighted by molar-refractivity contribution is 7.90. The smallest absolute Gasteiger partial charge is 0.331 e. The van der Waals surface area contributed by atoms with Gasteiger partial charge in [0.2, 0.25) is 0 Å². The van der Waals surface area contributed by atoms with Crippen LogP contribution in [0.5, 0.6) is 0 Å². The Morgan fingerprint density at radius 3 is 2.39 bits per heavy atom. The number of benzene rings is 2. The first-order valence-electron chi connectivity index (χ1n) is 10.3.